The fraction of sp³-hybridized carbons (Fsp3) is 0.300. The Hall–Kier alpha value is -2.84. The van der Waals surface area contributed by atoms with Crippen LogP contribution in [0.15, 0.2) is 30.3 Å². The third-order valence-corrected chi connectivity index (χ3v) is 5.84. The first-order chi connectivity index (χ1) is 13.5. The Labute approximate surface area is 167 Å². The first kappa shape index (κ1) is 18.5. The quantitative estimate of drug-likeness (QED) is 0.525. The van der Waals surface area contributed by atoms with Crippen LogP contribution in [0.3, 0.4) is 0 Å². The number of hydrogen-bond acceptors (Lipinski definition) is 7. The Morgan fingerprint density at radius 3 is 3.04 bits per heavy atom. The van der Waals surface area contributed by atoms with Gasteiger partial charge in [-0.2, -0.15) is 0 Å². The third kappa shape index (κ3) is 3.61. The number of aryl methyl sites for hydroxylation is 1. The first-order valence-corrected chi connectivity index (χ1v) is 10.0. The summed E-state index contributed by atoms with van der Waals surface area (Å²) in [5.74, 6) is 0.657. The van der Waals surface area contributed by atoms with E-state index in [1.54, 1.807) is 0 Å². The Kier molecular flexibility index (Phi) is 5.06. The van der Waals surface area contributed by atoms with E-state index in [0.717, 1.165) is 32.9 Å². The van der Waals surface area contributed by atoms with Crippen LogP contribution in [0.25, 0.3) is 10.2 Å². The molecule has 3 aromatic rings. The summed E-state index contributed by atoms with van der Waals surface area (Å²) in [5, 5.41) is 7.11. The van der Waals surface area contributed by atoms with Gasteiger partial charge in [-0.1, -0.05) is 6.07 Å². The lowest BCUT2D eigenvalue weighted by Gasteiger charge is -2.26. The van der Waals surface area contributed by atoms with Gasteiger partial charge in [-0.25, -0.2) is 4.98 Å². The second-order valence-electron chi connectivity index (χ2n) is 6.87. The molecule has 0 bridgehead atoms. The van der Waals surface area contributed by atoms with E-state index in [1.165, 1.54) is 11.3 Å². The smallest absolute Gasteiger partial charge is 0.263 e. The summed E-state index contributed by atoms with van der Waals surface area (Å²) < 4.78 is 5.87. The van der Waals surface area contributed by atoms with E-state index in [0.29, 0.717) is 36.7 Å². The van der Waals surface area contributed by atoms with Crippen LogP contribution in [-0.2, 0) is 6.42 Å². The second-order valence-corrected chi connectivity index (χ2v) is 7.87. The number of amides is 1. The summed E-state index contributed by atoms with van der Waals surface area (Å²) in [7, 11) is 0. The van der Waals surface area contributed by atoms with Gasteiger partial charge < -0.3 is 26.8 Å². The van der Waals surface area contributed by atoms with Crippen molar-refractivity contribution < 1.29 is 9.53 Å². The van der Waals surface area contributed by atoms with E-state index in [-0.39, 0.29) is 11.9 Å². The number of pyridine rings is 1. The lowest BCUT2D eigenvalue weighted by atomic mass is 10.0. The minimum atomic E-state index is -0.184. The lowest BCUT2D eigenvalue weighted by Crippen LogP contribution is -2.42. The van der Waals surface area contributed by atoms with Gasteiger partial charge in [0.1, 0.15) is 22.1 Å². The topological polar surface area (TPSA) is 115 Å². The molecule has 0 aliphatic carbocycles. The molecule has 1 aliphatic heterocycles. The van der Waals surface area contributed by atoms with E-state index >= 15 is 0 Å². The van der Waals surface area contributed by atoms with Crippen LogP contribution < -0.4 is 26.8 Å². The molecule has 3 heterocycles. The first-order valence-electron chi connectivity index (χ1n) is 9.21. The monoisotopic (exact) mass is 397 g/mol. The standard InChI is InChI=1S/C20H23N5O2S/c1-11-2-5-15-17(22)18(28-20(15)24-11)19(26)25-14-8-12-3-4-13(23-7-6-21)9-16(12)27-10-14/h2-5,9,14,23H,6-8,10,21-22H2,1H3,(H,25,26)/t14-/m0/s1. The van der Waals surface area contributed by atoms with E-state index in [9.17, 15) is 4.79 Å². The van der Waals surface area contributed by atoms with Gasteiger partial charge in [-0.15, -0.1) is 11.3 Å². The number of carbonyl (C=O) groups is 1. The van der Waals surface area contributed by atoms with Crippen LogP contribution in [-0.4, -0.2) is 36.6 Å². The molecule has 1 aliphatic rings. The molecule has 1 amide bonds. The van der Waals surface area contributed by atoms with Gasteiger partial charge in [0.15, 0.2) is 0 Å². The van der Waals surface area contributed by atoms with Crippen molar-refractivity contribution in [2.24, 2.45) is 5.73 Å². The molecule has 146 valence electrons. The van der Waals surface area contributed by atoms with Gasteiger partial charge in [-0.3, -0.25) is 4.79 Å². The van der Waals surface area contributed by atoms with Gasteiger partial charge in [-0.05, 0) is 37.1 Å². The number of aromatic nitrogens is 1. The highest BCUT2D eigenvalue weighted by Gasteiger charge is 2.24. The number of hydrogen-bond donors (Lipinski definition) is 4. The largest absolute Gasteiger partial charge is 0.491 e. The Morgan fingerprint density at radius 1 is 1.36 bits per heavy atom. The van der Waals surface area contributed by atoms with Gasteiger partial charge in [0.25, 0.3) is 5.91 Å². The van der Waals surface area contributed by atoms with Crippen molar-refractivity contribution in [2.45, 2.75) is 19.4 Å². The second kappa shape index (κ2) is 7.65. The third-order valence-electron chi connectivity index (χ3n) is 4.72. The van der Waals surface area contributed by atoms with E-state index in [2.05, 4.69) is 15.6 Å². The average Bonchev–Trinajstić information content (AvgIpc) is 3.02. The molecule has 4 rings (SSSR count). The molecular weight excluding hydrogens is 374 g/mol. The van der Waals surface area contributed by atoms with Crippen molar-refractivity contribution in [2.75, 3.05) is 30.7 Å². The fourth-order valence-corrected chi connectivity index (χ4v) is 4.34. The minimum absolute atomic E-state index is 0.109. The molecule has 28 heavy (non-hydrogen) atoms. The molecule has 0 saturated carbocycles. The summed E-state index contributed by atoms with van der Waals surface area (Å²) in [5.41, 5.74) is 15.1. The maximum absolute atomic E-state index is 12.8. The molecule has 0 spiro atoms. The van der Waals surface area contributed by atoms with Crippen molar-refractivity contribution in [3.63, 3.8) is 0 Å². The van der Waals surface area contributed by atoms with Gasteiger partial charge in [0.2, 0.25) is 0 Å². The number of fused-ring (bicyclic) bond motifs is 2. The predicted molar refractivity (Wildman–Crippen MR) is 113 cm³/mol. The van der Waals surface area contributed by atoms with Crippen LogP contribution in [0.2, 0.25) is 0 Å². The molecule has 8 heteroatoms. The molecule has 0 fully saturated rings. The molecule has 1 atom stereocenters. The van der Waals surface area contributed by atoms with Crippen LogP contribution in [0.5, 0.6) is 5.75 Å². The van der Waals surface area contributed by atoms with Crippen LogP contribution in [0.1, 0.15) is 20.9 Å². The maximum atomic E-state index is 12.8. The summed E-state index contributed by atoms with van der Waals surface area (Å²) in [6.07, 6.45) is 0.709. The predicted octanol–water partition coefficient (Wildman–Crippen LogP) is 2.29. The average molecular weight is 398 g/mol. The Bertz CT molecular complexity index is 1030. The normalized spacial score (nSPS) is 15.7. The zero-order valence-electron chi connectivity index (χ0n) is 15.6. The molecule has 0 radical (unpaired) electrons. The SMILES string of the molecule is Cc1ccc2c(N)c(C(=O)N[C@@H]3COc4cc(NCCN)ccc4C3)sc2n1. The Balaban J connectivity index is 1.47. The van der Waals surface area contributed by atoms with Crippen molar-refractivity contribution in [3.05, 3.63) is 46.5 Å². The summed E-state index contributed by atoms with van der Waals surface area (Å²) in [6, 6.07) is 9.70. The molecule has 0 saturated heterocycles. The van der Waals surface area contributed by atoms with Crippen LogP contribution >= 0.6 is 11.3 Å². The van der Waals surface area contributed by atoms with Gasteiger partial charge in [0.05, 0.1) is 11.7 Å². The number of thiophene rings is 1. The van der Waals surface area contributed by atoms with Crippen molar-refractivity contribution in [1.82, 2.24) is 10.3 Å². The molecule has 7 nitrogen and oxygen atoms in total. The minimum Gasteiger partial charge on any atom is -0.491 e. The number of nitrogens with zero attached hydrogens (tertiary/aromatic N) is 1. The van der Waals surface area contributed by atoms with Gasteiger partial charge in [0, 0.05) is 35.9 Å². The highest BCUT2D eigenvalue weighted by atomic mass is 32.1. The number of benzene rings is 1. The number of carbonyl (C=O) groups excluding carboxylic acids is 1. The van der Waals surface area contributed by atoms with E-state index in [1.807, 2.05) is 37.3 Å². The van der Waals surface area contributed by atoms with Crippen molar-refractivity contribution in [1.29, 1.82) is 0 Å². The zero-order chi connectivity index (χ0) is 19.7. The molecule has 6 N–H and O–H groups in total. The number of rotatable bonds is 5. The molecule has 1 aromatic carbocycles. The molecule has 2 aromatic heterocycles. The number of nitrogens with two attached hydrogens (primary N) is 2. The van der Waals surface area contributed by atoms with Crippen molar-refractivity contribution in [3.8, 4) is 5.75 Å². The number of nitrogens with one attached hydrogen (secondary N) is 2. The number of anilines is 2. The van der Waals surface area contributed by atoms with Crippen molar-refractivity contribution >= 4 is 38.8 Å². The zero-order valence-corrected chi connectivity index (χ0v) is 16.4. The summed E-state index contributed by atoms with van der Waals surface area (Å²) >= 11 is 1.32. The summed E-state index contributed by atoms with van der Waals surface area (Å²) in [6.45, 7) is 3.62. The summed E-state index contributed by atoms with van der Waals surface area (Å²) in [4.78, 5) is 18.5. The van der Waals surface area contributed by atoms with E-state index < -0.39 is 0 Å². The van der Waals surface area contributed by atoms with Gasteiger partial charge >= 0.3 is 0 Å². The van der Waals surface area contributed by atoms with Crippen LogP contribution in [0, 0.1) is 6.92 Å². The fourth-order valence-electron chi connectivity index (χ4n) is 3.30. The molecular formula is C20H23N5O2S. The highest BCUT2D eigenvalue weighted by Crippen LogP contribution is 2.33. The van der Waals surface area contributed by atoms with E-state index in [4.69, 9.17) is 16.2 Å². The number of ether oxygens (including phenoxy) is 1. The highest BCUT2D eigenvalue weighted by molar-refractivity contribution is 7.21. The van der Waals surface area contributed by atoms with Crippen LogP contribution in [0.4, 0.5) is 11.4 Å². The Morgan fingerprint density at radius 2 is 2.21 bits per heavy atom. The lowest BCUT2D eigenvalue weighted by molar-refractivity contribution is 0.0920. The maximum Gasteiger partial charge on any atom is 0.263 e. The molecule has 0 unspecified atom stereocenters. The number of nitrogen functional groups attached to an aromatic ring is 1.